The molecule has 0 aromatic carbocycles. The second kappa shape index (κ2) is 8.00. The summed E-state index contributed by atoms with van der Waals surface area (Å²) in [7, 11) is 0. The van der Waals surface area contributed by atoms with E-state index < -0.39 is 11.9 Å². The summed E-state index contributed by atoms with van der Waals surface area (Å²) in [6.07, 6.45) is 3.29. The van der Waals surface area contributed by atoms with E-state index >= 15 is 0 Å². The molecular weight excluding hydrogens is 188 g/mol. The van der Waals surface area contributed by atoms with Gasteiger partial charge in [0, 0.05) is 12.2 Å². The molecular formula is C9H12O5. The fourth-order valence-corrected chi connectivity index (χ4v) is 0.520. The van der Waals surface area contributed by atoms with Crippen LogP contribution in [0.1, 0.15) is 0 Å². The Morgan fingerprint density at radius 1 is 1.21 bits per heavy atom. The topological polar surface area (TPSA) is 72.8 Å². The molecule has 0 fully saturated rings. The first-order chi connectivity index (χ1) is 6.70. The molecule has 0 rings (SSSR count). The molecule has 0 spiro atoms. The Kier molecular flexibility index (Phi) is 7.07. The lowest BCUT2D eigenvalue weighted by Crippen LogP contribution is -2.07. The lowest BCUT2D eigenvalue weighted by molar-refractivity contribution is -0.140. The third-order valence-corrected chi connectivity index (χ3v) is 1.03. The second-order valence-corrected chi connectivity index (χ2v) is 2.14. The molecule has 0 amide bonds. The highest BCUT2D eigenvalue weighted by molar-refractivity contribution is 5.91. The average molecular weight is 200 g/mol. The highest BCUT2D eigenvalue weighted by Gasteiger charge is 1.98. The van der Waals surface area contributed by atoms with Gasteiger partial charge in [-0.05, 0) is 0 Å². The number of aliphatic hydroxyl groups excluding tert-OH is 1. The molecule has 0 bridgehead atoms. The maximum Gasteiger partial charge on any atom is 0.331 e. The number of hydrogen-bond donors (Lipinski definition) is 1. The number of carbonyl (C=O) groups is 2. The van der Waals surface area contributed by atoms with Crippen molar-refractivity contribution in [3.63, 3.8) is 0 Å². The van der Waals surface area contributed by atoms with Crippen molar-refractivity contribution in [2.45, 2.75) is 0 Å². The van der Waals surface area contributed by atoms with E-state index in [1.54, 1.807) is 0 Å². The van der Waals surface area contributed by atoms with Crippen molar-refractivity contribution in [2.24, 2.45) is 0 Å². The predicted molar refractivity (Wildman–Crippen MR) is 48.3 cm³/mol. The molecule has 0 saturated carbocycles. The molecule has 0 unspecified atom stereocenters. The van der Waals surface area contributed by atoms with E-state index in [4.69, 9.17) is 5.11 Å². The van der Waals surface area contributed by atoms with Gasteiger partial charge in [-0.15, -0.1) is 0 Å². The monoisotopic (exact) mass is 200 g/mol. The minimum absolute atomic E-state index is 0.0921. The maximum absolute atomic E-state index is 10.8. The van der Waals surface area contributed by atoms with E-state index in [2.05, 4.69) is 16.1 Å². The van der Waals surface area contributed by atoms with Crippen molar-refractivity contribution in [1.29, 1.82) is 0 Å². The zero-order valence-electron chi connectivity index (χ0n) is 7.64. The van der Waals surface area contributed by atoms with Crippen LogP contribution in [0.15, 0.2) is 24.8 Å². The molecule has 0 saturated heterocycles. The first kappa shape index (κ1) is 12.4. The van der Waals surface area contributed by atoms with Gasteiger partial charge in [-0.2, -0.15) is 0 Å². The molecule has 0 atom stereocenters. The average Bonchev–Trinajstić information content (AvgIpc) is 2.20. The van der Waals surface area contributed by atoms with Crippen LogP contribution in [0.5, 0.6) is 0 Å². The first-order valence-corrected chi connectivity index (χ1v) is 3.94. The van der Waals surface area contributed by atoms with Crippen molar-refractivity contribution in [3.05, 3.63) is 24.8 Å². The minimum atomic E-state index is -0.699. The Morgan fingerprint density at radius 2 is 1.79 bits per heavy atom. The van der Waals surface area contributed by atoms with Crippen LogP contribution in [-0.2, 0) is 19.1 Å². The van der Waals surface area contributed by atoms with Crippen LogP contribution in [0.25, 0.3) is 0 Å². The molecule has 0 heterocycles. The molecule has 0 aliphatic rings. The molecule has 5 heteroatoms. The number of aliphatic hydroxyl groups is 1. The smallest absolute Gasteiger partial charge is 0.331 e. The summed E-state index contributed by atoms with van der Waals surface area (Å²) in [5.41, 5.74) is 0. The van der Waals surface area contributed by atoms with E-state index in [0.717, 1.165) is 12.2 Å². The summed E-state index contributed by atoms with van der Waals surface area (Å²) < 4.78 is 8.99. The van der Waals surface area contributed by atoms with Crippen LogP contribution in [0.4, 0.5) is 0 Å². The Morgan fingerprint density at radius 3 is 2.29 bits per heavy atom. The molecule has 0 radical (unpaired) electrons. The largest absolute Gasteiger partial charge is 0.460 e. The van der Waals surface area contributed by atoms with Gasteiger partial charge in [0.05, 0.1) is 6.61 Å². The van der Waals surface area contributed by atoms with Gasteiger partial charge in [0.15, 0.2) is 0 Å². The number of carbonyl (C=O) groups excluding carboxylic acids is 2. The van der Waals surface area contributed by atoms with Gasteiger partial charge in [-0.25, -0.2) is 9.59 Å². The minimum Gasteiger partial charge on any atom is -0.460 e. The van der Waals surface area contributed by atoms with E-state index in [0.29, 0.717) is 0 Å². The lowest BCUT2D eigenvalue weighted by Gasteiger charge is -1.97. The van der Waals surface area contributed by atoms with Crippen molar-refractivity contribution < 1.29 is 24.2 Å². The fourth-order valence-electron chi connectivity index (χ4n) is 0.520. The summed E-state index contributed by atoms with van der Waals surface area (Å²) in [5, 5.41) is 8.30. The number of esters is 2. The van der Waals surface area contributed by atoms with E-state index in [9.17, 15) is 9.59 Å². The number of hydrogen-bond acceptors (Lipinski definition) is 5. The molecule has 0 aromatic rings. The fraction of sp³-hybridized carbons (Fsp3) is 0.333. The summed E-state index contributed by atoms with van der Waals surface area (Å²) in [4.78, 5) is 21.5. The molecule has 1 N–H and O–H groups in total. The summed E-state index contributed by atoms with van der Waals surface area (Å²) >= 11 is 0. The molecule has 5 nitrogen and oxygen atoms in total. The van der Waals surface area contributed by atoms with Gasteiger partial charge in [-0.3, -0.25) is 0 Å². The first-order valence-electron chi connectivity index (χ1n) is 3.94. The molecule has 14 heavy (non-hydrogen) atoms. The highest BCUT2D eigenvalue weighted by atomic mass is 16.5. The molecule has 78 valence electrons. The summed E-state index contributed by atoms with van der Waals surface area (Å²) in [6.45, 7) is 3.10. The van der Waals surface area contributed by atoms with Crippen molar-refractivity contribution in [1.82, 2.24) is 0 Å². The Labute approximate surface area is 81.6 Å². The van der Waals surface area contributed by atoms with Gasteiger partial charge in [0.1, 0.15) is 13.2 Å². The predicted octanol–water partition coefficient (Wildman–Crippen LogP) is -0.193. The quantitative estimate of drug-likeness (QED) is 0.365. The van der Waals surface area contributed by atoms with Crippen LogP contribution in [0.3, 0.4) is 0 Å². The van der Waals surface area contributed by atoms with Crippen molar-refractivity contribution in [2.75, 3.05) is 19.8 Å². The van der Waals surface area contributed by atoms with Crippen molar-refractivity contribution >= 4 is 11.9 Å². The molecule has 0 aliphatic carbocycles. The van der Waals surface area contributed by atoms with Crippen LogP contribution in [0, 0.1) is 0 Å². The van der Waals surface area contributed by atoms with Crippen LogP contribution in [0.2, 0.25) is 0 Å². The maximum atomic E-state index is 10.8. The third-order valence-electron chi connectivity index (χ3n) is 1.03. The second-order valence-electron chi connectivity index (χ2n) is 2.14. The van der Waals surface area contributed by atoms with Gasteiger partial charge in [0.25, 0.3) is 0 Å². The standard InChI is InChI=1S/C9H12O5/c1-2-6-13-8(11)3-4-9(12)14-7-5-10/h2-4,10H,1,5-7H2/b4-3-. The zero-order valence-corrected chi connectivity index (χ0v) is 7.64. The van der Waals surface area contributed by atoms with Crippen molar-refractivity contribution in [3.8, 4) is 0 Å². The highest BCUT2D eigenvalue weighted by Crippen LogP contribution is 1.85. The number of rotatable bonds is 6. The Hall–Kier alpha value is -1.62. The third kappa shape index (κ3) is 7.05. The lowest BCUT2D eigenvalue weighted by atomic mass is 10.5. The van der Waals surface area contributed by atoms with Crippen LogP contribution < -0.4 is 0 Å². The number of ether oxygens (including phenoxy) is 2. The Bertz CT molecular complexity index is 231. The summed E-state index contributed by atoms with van der Waals surface area (Å²) in [6, 6.07) is 0. The molecule has 0 aliphatic heterocycles. The Balaban J connectivity index is 3.73. The molecule has 0 aromatic heterocycles. The summed E-state index contributed by atoms with van der Waals surface area (Å²) in [5.74, 6) is -1.35. The van der Waals surface area contributed by atoms with Gasteiger partial charge < -0.3 is 14.6 Å². The normalized spacial score (nSPS) is 9.79. The van der Waals surface area contributed by atoms with E-state index in [-0.39, 0.29) is 19.8 Å². The van der Waals surface area contributed by atoms with Gasteiger partial charge >= 0.3 is 11.9 Å². The van der Waals surface area contributed by atoms with E-state index in [1.807, 2.05) is 0 Å². The van der Waals surface area contributed by atoms with Gasteiger partial charge in [0.2, 0.25) is 0 Å². The SMILES string of the molecule is C=CCOC(=O)/C=C\C(=O)OCCO. The zero-order chi connectivity index (χ0) is 10.8. The van der Waals surface area contributed by atoms with Crippen LogP contribution >= 0.6 is 0 Å². The van der Waals surface area contributed by atoms with Crippen LogP contribution in [-0.4, -0.2) is 36.9 Å². The van der Waals surface area contributed by atoms with E-state index in [1.165, 1.54) is 6.08 Å². The van der Waals surface area contributed by atoms with Gasteiger partial charge in [-0.1, -0.05) is 12.7 Å².